The molecule has 1 saturated carbocycles. The van der Waals surface area contributed by atoms with Crippen LogP contribution in [0.25, 0.3) is 10.9 Å². The molecule has 0 radical (unpaired) electrons. The van der Waals surface area contributed by atoms with Gasteiger partial charge in [0.05, 0.1) is 38.7 Å². The minimum absolute atomic E-state index is 0.155. The van der Waals surface area contributed by atoms with E-state index in [1.807, 2.05) is 50.3 Å². The number of esters is 3. The van der Waals surface area contributed by atoms with Gasteiger partial charge in [-0.05, 0) is 74.2 Å². The first-order valence-electron chi connectivity index (χ1n) is 22.0. The molecule has 65 heavy (non-hydrogen) atoms. The maximum absolute atomic E-state index is 15.3. The van der Waals surface area contributed by atoms with E-state index in [1.165, 1.54) is 33.2 Å². The molecule has 6 heterocycles. The van der Waals surface area contributed by atoms with Gasteiger partial charge in [-0.1, -0.05) is 44.2 Å². The highest BCUT2D eigenvalue weighted by Gasteiger charge is 2.81. The first-order chi connectivity index (χ1) is 30.8. The zero-order valence-corrected chi connectivity index (χ0v) is 38.2. The van der Waals surface area contributed by atoms with E-state index in [0.29, 0.717) is 99.5 Å². The van der Waals surface area contributed by atoms with Crippen molar-refractivity contribution < 1.29 is 65.9 Å². The Morgan fingerprint density at radius 3 is 2.29 bits per heavy atom. The summed E-state index contributed by atoms with van der Waals surface area (Å²) >= 11 is 0. The number of hydrogen-bond donors (Lipinski definition) is 5. The SMILES string of the molecule is CC[C@]1(O)C[C@@H]2CN(CCc3c([nH]c4ccccc34)[C@@](C(=O)OC)(c3cc4c(cc3OC)N(C=O)[C@H]3[C@@](O)(C(=O)OC)[C@H](OC(C)=O)[C@]5(CC)C=CCN6CC[C@]43C65)C2)C1.O=S(=O)(O)O. The minimum Gasteiger partial charge on any atom is -0.496 e. The summed E-state index contributed by atoms with van der Waals surface area (Å²) in [5, 5.41) is 26.3. The van der Waals surface area contributed by atoms with E-state index in [0.717, 1.165) is 16.5 Å². The van der Waals surface area contributed by atoms with Gasteiger partial charge in [-0.2, -0.15) is 8.42 Å². The van der Waals surface area contributed by atoms with E-state index < -0.39 is 73.9 Å². The van der Waals surface area contributed by atoms with Gasteiger partial charge in [-0.25, -0.2) is 4.79 Å². The molecule has 3 aromatic rings. The number of aromatic nitrogens is 1. The predicted molar refractivity (Wildman–Crippen MR) is 235 cm³/mol. The van der Waals surface area contributed by atoms with Crippen molar-refractivity contribution in [1.29, 1.82) is 0 Å². The number of aromatic amines is 1. The summed E-state index contributed by atoms with van der Waals surface area (Å²) < 4.78 is 55.3. The van der Waals surface area contributed by atoms with Crippen LogP contribution in [0.4, 0.5) is 5.69 Å². The molecule has 1 amide bonds. The van der Waals surface area contributed by atoms with Gasteiger partial charge in [0.2, 0.25) is 12.0 Å². The van der Waals surface area contributed by atoms with Crippen LogP contribution in [0, 0.1) is 11.3 Å². The fourth-order valence-electron chi connectivity index (χ4n) is 13.4. The highest BCUT2D eigenvalue weighted by Crippen LogP contribution is 2.68. The van der Waals surface area contributed by atoms with Crippen LogP contribution in [0.5, 0.6) is 5.75 Å². The molecule has 3 fully saturated rings. The van der Waals surface area contributed by atoms with E-state index >= 15 is 4.79 Å². The van der Waals surface area contributed by atoms with E-state index in [9.17, 15) is 24.6 Å². The van der Waals surface area contributed by atoms with Gasteiger partial charge < -0.3 is 39.0 Å². The number of aliphatic hydroxyl groups is 2. The smallest absolute Gasteiger partial charge is 0.394 e. The Morgan fingerprint density at radius 2 is 1.66 bits per heavy atom. The number of carbonyl (C=O) groups excluding carboxylic acids is 4. The first kappa shape index (κ1) is 46.6. The van der Waals surface area contributed by atoms with Crippen LogP contribution in [0.1, 0.15) is 75.3 Å². The van der Waals surface area contributed by atoms with Crippen LogP contribution in [0.15, 0.2) is 48.6 Å². The number of amides is 1. The van der Waals surface area contributed by atoms with Crippen LogP contribution in [0.3, 0.4) is 0 Å². The first-order valence-corrected chi connectivity index (χ1v) is 23.4. The molecule has 5 aliphatic heterocycles. The van der Waals surface area contributed by atoms with Crippen molar-refractivity contribution >= 4 is 51.3 Å². The minimum atomic E-state index is -4.67. The molecule has 1 aromatic heterocycles. The summed E-state index contributed by atoms with van der Waals surface area (Å²) in [7, 11) is -0.577. The molecule has 352 valence electrons. The van der Waals surface area contributed by atoms with Gasteiger partial charge in [0.15, 0.2) is 6.10 Å². The second-order valence-corrected chi connectivity index (χ2v) is 19.4. The number of nitrogens with one attached hydrogen (secondary N) is 1. The maximum atomic E-state index is 15.3. The molecule has 5 N–H and O–H groups in total. The van der Waals surface area contributed by atoms with Crippen molar-refractivity contribution in [2.75, 3.05) is 59.0 Å². The third-order valence-corrected chi connectivity index (χ3v) is 15.5. The average molecular weight is 923 g/mol. The van der Waals surface area contributed by atoms with Crippen molar-refractivity contribution in [1.82, 2.24) is 14.8 Å². The number of benzene rings is 2. The normalized spacial score (nSPS) is 34.6. The number of H-pyrrole nitrogens is 1. The number of hydrogen-bond acceptors (Lipinski definition) is 14. The zero-order chi connectivity index (χ0) is 47.1. The molecule has 9 rings (SSSR count). The van der Waals surface area contributed by atoms with Crippen molar-refractivity contribution in [3.63, 3.8) is 0 Å². The molecule has 19 heteroatoms. The van der Waals surface area contributed by atoms with Gasteiger partial charge in [0.25, 0.3) is 0 Å². The number of ether oxygens (including phenoxy) is 4. The number of methoxy groups -OCH3 is 3. The number of piperidine rings is 1. The largest absolute Gasteiger partial charge is 0.496 e. The molecular weight excluding hydrogens is 865 g/mol. The molecule has 2 saturated heterocycles. The van der Waals surface area contributed by atoms with Crippen molar-refractivity contribution in [3.05, 3.63) is 70.9 Å². The van der Waals surface area contributed by atoms with Gasteiger partial charge in [0, 0.05) is 78.2 Å². The molecule has 6 aliphatic rings. The van der Waals surface area contributed by atoms with E-state index in [-0.39, 0.29) is 12.3 Å². The molecular formula is C46H58N4O14S. The fraction of sp³-hybridized carbons (Fsp3) is 0.565. The van der Waals surface area contributed by atoms with Crippen LogP contribution in [-0.4, -0.2) is 150 Å². The number of carbonyl (C=O) groups is 4. The van der Waals surface area contributed by atoms with Crippen molar-refractivity contribution in [3.8, 4) is 5.75 Å². The number of fused-ring (bicyclic) bond motifs is 6. The summed E-state index contributed by atoms with van der Waals surface area (Å²) in [6.07, 6.45) is 5.83. The summed E-state index contributed by atoms with van der Waals surface area (Å²) in [5.41, 5.74) is -3.15. The molecule has 1 aliphatic carbocycles. The highest BCUT2D eigenvalue weighted by atomic mass is 32.3. The van der Waals surface area contributed by atoms with Gasteiger partial charge in [-0.3, -0.25) is 33.3 Å². The lowest BCUT2D eigenvalue weighted by molar-refractivity contribution is -0.228. The Labute approximate surface area is 377 Å². The van der Waals surface area contributed by atoms with Gasteiger partial charge >= 0.3 is 28.3 Å². The second-order valence-electron chi connectivity index (χ2n) is 18.6. The highest BCUT2D eigenvalue weighted by molar-refractivity contribution is 7.79. The average Bonchev–Trinajstić information content (AvgIpc) is 3.95. The van der Waals surface area contributed by atoms with E-state index in [2.05, 4.69) is 20.9 Å². The van der Waals surface area contributed by atoms with Gasteiger partial charge in [-0.15, -0.1) is 0 Å². The topological polar surface area (TPSA) is 246 Å². The number of para-hydroxylation sites is 1. The lowest BCUT2D eigenvalue weighted by Gasteiger charge is -2.63. The molecule has 2 bridgehead atoms. The summed E-state index contributed by atoms with van der Waals surface area (Å²) in [4.78, 5) is 66.1. The summed E-state index contributed by atoms with van der Waals surface area (Å²) in [5.74, 6) is -2.06. The lowest BCUT2D eigenvalue weighted by Crippen LogP contribution is -2.81. The van der Waals surface area contributed by atoms with Gasteiger partial charge in [0.1, 0.15) is 11.2 Å². The van der Waals surface area contributed by atoms with Crippen molar-refractivity contribution in [2.45, 2.75) is 99.5 Å². The molecule has 10 atom stereocenters. The summed E-state index contributed by atoms with van der Waals surface area (Å²) in [6.45, 7) is 8.16. The number of nitrogens with zero attached hydrogens (tertiary/aromatic N) is 3. The quantitative estimate of drug-likeness (QED) is 0.0717. The molecule has 18 nitrogen and oxygen atoms in total. The maximum Gasteiger partial charge on any atom is 0.394 e. The Kier molecular flexibility index (Phi) is 11.8. The third kappa shape index (κ3) is 6.90. The van der Waals surface area contributed by atoms with Crippen molar-refractivity contribution in [2.24, 2.45) is 11.3 Å². The third-order valence-electron chi connectivity index (χ3n) is 15.5. The fourth-order valence-corrected chi connectivity index (χ4v) is 13.4. The molecule has 2 aromatic carbocycles. The lowest BCUT2D eigenvalue weighted by atomic mass is 9.47. The van der Waals surface area contributed by atoms with Crippen LogP contribution in [-0.2, 0) is 61.0 Å². The molecule has 2 unspecified atom stereocenters. The Hall–Kier alpha value is -4.89. The standard InChI is InChI=1S/C46H56N4O10.H2O4S/c1-7-42(55)22-28-23-45(40(53)58-5,36-30(14-18-48(24-28)25-42)29-12-9-10-13-33(29)47-36)32-20-31-34(21-35(32)57-4)50(26-51)38-44(31)16-19-49-17-11-15-43(8-2,37(44)49)39(60-27(3)52)46(38,56)41(54)59-6;1-5(2,3)4/h9-13,15,20-21,26,28,37-39,47,55-56H,7-8,14,16-19,22-25H2,1-6H3;(H2,1,2,3,4)/t28-,37?,38+,39+,42-,43+,44+,45-,46-;/m0./s1. The Bertz CT molecular complexity index is 2560. The molecule has 1 spiro atoms. The number of anilines is 1. The zero-order valence-electron chi connectivity index (χ0n) is 37.4. The van der Waals surface area contributed by atoms with E-state index in [1.54, 1.807) is 6.07 Å². The Balaban J connectivity index is 0.00000109. The Morgan fingerprint density at radius 1 is 0.954 bits per heavy atom. The summed E-state index contributed by atoms with van der Waals surface area (Å²) in [6, 6.07) is 9.97. The monoisotopic (exact) mass is 922 g/mol. The van der Waals surface area contributed by atoms with Crippen LogP contribution >= 0.6 is 0 Å². The second kappa shape index (κ2) is 16.5. The number of rotatable bonds is 8. The van der Waals surface area contributed by atoms with E-state index in [4.69, 9.17) is 36.5 Å². The predicted octanol–water partition coefficient (Wildman–Crippen LogP) is 2.86. The van der Waals surface area contributed by atoms with Crippen LogP contribution in [0.2, 0.25) is 0 Å². The van der Waals surface area contributed by atoms with Crippen LogP contribution < -0.4 is 9.64 Å².